The third-order valence-electron chi connectivity index (χ3n) is 2.93. The molecule has 0 saturated carbocycles. The minimum absolute atomic E-state index is 0.134. The molecule has 0 aliphatic carbocycles. The monoisotopic (exact) mass is 264 g/mol. The summed E-state index contributed by atoms with van der Waals surface area (Å²) in [6.07, 6.45) is 0.226. The second kappa shape index (κ2) is 5.84. The van der Waals surface area contributed by atoms with Gasteiger partial charge in [0.2, 0.25) is 5.91 Å². The van der Waals surface area contributed by atoms with E-state index in [1.54, 1.807) is 12.1 Å². The van der Waals surface area contributed by atoms with Crippen molar-refractivity contribution in [2.45, 2.75) is 33.2 Å². The van der Waals surface area contributed by atoms with Crippen LogP contribution in [0.25, 0.3) is 0 Å². The van der Waals surface area contributed by atoms with Gasteiger partial charge in [0.05, 0.1) is 5.56 Å². The molecule has 0 radical (unpaired) electrons. The molecule has 0 heterocycles. The molecule has 1 aromatic carbocycles. The maximum atomic E-state index is 11.8. The Labute approximate surface area is 112 Å². The summed E-state index contributed by atoms with van der Waals surface area (Å²) in [6, 6.07) is 5.78. The van der Waals surface area contributed by atoms with Crippen molar-refractivity contribution in [3.8, 4) is 0 Å². The van der Waals surface area contributed by atoms with Crippen LogP contribution in [0.3, 0.4) is 0 Å². The molecule has 0 aliphatic rings. The van der Waals surface area contributed by atoms with Gasteiger partial charge in [-0.05, 0) is 29.7 Å². The van der Waals surface area contributed by atoms with Crippen LogP contribution in [-0.2, 0) is 4.79 Å². The quantitative estimate of drug-likeness (QED) is 0.776. The van der Waals surface area contributed by atoms with E-state index in [1.807, 2.05) is 20.8 Å². The van der Waals surface area contributed by atoms with Crippen molar-refractivity contribution in [1.82, 2.24) is 0 Å². The van der Waals surface area contributed by atoms with Crippen LogP contribution in [0.2, 0.25) is 0 Å². The number of carbonyl (C=O) groups excluding carboxylic acids is 1. The Balaban J connectivity index is 2.60. The average Bonchev–Trinajstić information content (AvgIpc) is 2.28. The molecule has 0 spiro atoms. The van der Waals surface area contributed by atoms with E-state index >= 15 is 0 Å². The number of nitrogens with one attached hydrogen (secondary N) is 1. The molecule has 1 unspecified atom stereocenters. The Hall–Kier alpha value is -1.88. The predicted octanol–water partition coefficient (Wildman–Crippen LogP) is 2.09. The van der Waals surface area contributed by atoms with Gasteiger partial charge in [0.25, 0.3) is 0 Å². The van der Waals surface area contributed by atoms with Crippen molar-refractivity contribution in [1.29, 1.82) is 0 Å². The zero-order valence-corrected chi connectivity index (χ0v) is 11.4. The molecule has 5 heteroatoms. The molecule has 19 heavy (non-hydrogen) atoms. The fraction of sp³-hybridized carbons (Fsp3) is 0.429. The molecule has 104 valence electrons. The van der Waals surface area contributed by atoms with Gasteiger partial charge in [-0.2, -0.15) is 0 Å². The number of carboxylic acid groups (broad SMARTS) is 1. The van der Waals surface area contributed by atoms with Crippen LogP contribution in [0.1, 0.15) is 37.6 Å². The summed E-state index contributed by atoms with van der Waals surface area (Å²) < 4.78 is 0. The zero-order valence-electron chi connectivity index (χ0n) is 11.4. The summed E-state index contributed by atoms with van der Waals surface area (Å²) in [7, 11) is 0. The van der Waals surface area contributed by atoms with E-state index < -0.39 is 5.97 Å². The molecule has 1 atom stereocenters. The number of carboxylic acids is 1. The molecular formula is C14H20N2O3. The van der Waals surface area contributed by atoms with E-state index in [1.165, 1.54) is 12.1 Å². The normalized spacial score (nSPS) is 12.8. The molecule has 0 aliphatic heterocycles. The number of rotatable bonds is 4. The van der Waals surface area contributed by atoms with Crippen LogP contribution in [0.15, 0.2) is 24.3 Å². The second-order valence-electron chi connectivity index (χ2n) is 5.61. The first-order valence-corrected chi connectivity index (χ1v) is 6.09. The SMILES string of the molecule is CC(C)(C)C(N)CC(=O)Nc1ccc(C(=O)O)cc1. The first-order valence-electron chi connectivity index (χ1n) is 6.09. The minimum Gasteiger partial charge on any atom is -0.478 e. The van der Waals surface area contributed by atoms with Crippen LogP contribution >= 0.6 is 0 Å². The molecule has 0 bridgehead atoms. The summed E-state index contributed by atoms with van der Waals surface area (Å²) in [4.78, 5) is 22.5. The Kier molecular flexibility index (Phi) is 4.67. The third kappa shape index (κ3) is 4.71. The van der Waals surface area contributed by atoms with E-state index in [0.29, 0.717) is 5.69 Å². The lowest BCUT2D eigenvalue weighted by Crippen LogP contribution is -2.38. The van der Waals surface area contributed by atoms with Crippen molar-refractivity contribution >= 4 is 17.6 Å². The van der Waals surface area contributed by atoms with E-state index in [4.69, 9.17) is 10.8 Å². The molecule has 5 nitrogen and oxygen atoms in total. The highest BCUT2D eigenvalue weighted by molar-refractivity contribution is 5.92. The summed E-state index contributed by atoms with van der Waals surface area (Å²) in [5.41, 5.74) is 6.55. The highest BCUT2D eigenvalue weighted by Gasteiger charge is 2.23. The van der Waals surface area contributed by atoms with E-state index in [0.717, 1.165) is 0 Å². The highest BCUT2D eigenvalue weighted by Crippen LogP contribution is 2.20. The lowest BCUT2D eigenvalue weighted by molar-refractivity contribution is -0.117. The van der Waals surface area contributed by atoms with E-state index in [2.05, 4.69) is 5.32 Å². The number of aromatic carboxylic acids is 1. The minimum atomic E-state index is -0.993. The fourth-order valence-corrected chi connectivity index (χ4v) is 1.41. The van der Waals surface area contributed by atoms with Gasteiger partial charge in [-0.3, -0.25) is 4.79 Å². The fourth-order valence-electron chi connectivity index (χ4n) is 1.41. The Morgan fingerprint density at radius 2 is 1.79 bits per heavy atom. The smallest absolute Gasteiger partial charge is 0.335 e. The largest absolute Gasteiger partial charge is 0.478 e. The van der Waals surface area contributed by atoms with Crippen molar-refractivity contribution in [3.05, 3.63) is 29.8 Å². The average molecular weight is 264 g/mol. The summed E-state index contributed by atoms with van der Waals surface area (Å²) in [5.74, 6) is -1.17. The number of benzene rings is 1. The maximum absolute atomic E-state index is 11.8. The molecule has 1 rings (SSSR count). The molecule has 1 aromatic rings. The topological polar surface area (TPSA) is 92.4 Å². The van der Waals surface area contributed by atoms with Gasteiger partial charge in [0.1, 0.15) is 0 Å². The number of amides is 1. The second-order valence-corrected chi connectivity index (χ2v) is 5.61. The van der Waals surface area contributed by atoms with Gasteiger partial charge in [-0.15, -0.1) is 0 Å². The lowest BCUT2D eigenvalue weighted by Gasteiger charge is -2.26. The maximum Gasteiger partial charge on any atom is 0.335 e. The summed E-state index contributed by atoms with van der Waals surface area (Å²) in [6.45, 7) is 5.94. The zero-order chi connectivity index (χ0) is 14.6. The Bertz CT molecular complexity index is 461. The van der Waals surface area contributed by atoms with Crippen LogP contribution < -0.4 is 11.1 Å². The predicted molar refractivity (Wildman–Crippen MR) is 74.1 cm³/mol. The summed E-state index contributed by atoms with van der Waals surface area (Å²) in [5, 5.41) is 11.5. The van der Waals surface area contributed by atoms with Crippen LogP contribution in [-0.4, -0.2) is 23.0 Å². The Morgan fingerprint density at radius 1 is 1.26 bits per heavy atom. The first kappa shape index (κ1) is 15.2. The third-order valence-corrected chi connectivity index (χ3v) is 2.93. The lowest BCUT2D eigenvalue weighted by atomic mass is 9.85. The number of carbonyl (C=O) groups is 2. The molecule has 4 N–H and O–H groups in total. The van der Waals surface area contributed by atoms with Crippen molar-refractivity contribution in [3.63, 3.8) is 0 Å². The van der Waals surface area contributed by atoms with Gasteiger partial charge in [0.15, 0.2) is 0 Å². The molecular weight excluding hydrogens is 244 g/mol. The standard InChI is InChI=1S/C14H20N2O3/c1-14(2,3)11(15)8-12(17)16-10-6-4-9(5-7-10)13(18)19/h4-7,11H,8,15H2,1-3H3,(H,16,17)(H,18,19). The van der Waals surface area contributed by atoms with Gasteiger partial charge >= 0.3 is 5.97 Å². The van der Waals surface area contributed by atoms with Gasteiger partial charge in [0, 0.05) is 18.2 Å². The molecule has 0 aromatic heterocycles. The molecule has 0 saturated heterocycles. The molecule has 1 amide bonds. The number of nitrogens with two attached hydrogens (primary N) is 1. The summed E-state index contributed by atoms with van der Waals surface area (Å²) >= 11 is 0. The van der Waals surface area contributed by atoms with Crippen LogP contribution in [0.4, 0.5) is 5.69 Å². The van der Waals surface area contributed by atoms with Crippen molar-refractivity contribution in [2.24, 2.45) is 11.1 Å². The highest BCUT2D eigenvalue weighted by atomic mass is 16.4. The number of hydrogen-bond donors (Lipinski definition) is 3. The van der Waals surface area contributed by atoms with Crippen LogP contribution in [0.5, 0.6) is 0 Å². The van der Waals surface area contributed by atoms with Crippen molar-refractivity contribution < 1.29 is 14.7 Å². The van der Waals surface area contributed by atoms with E-state index in [-0.39, 0.29) is 29.3 Å². The number of anilines is 1. The van der Waals surface area contributed by atoms with Crippen molar-refractivity contribution in [2.75, 3.05) is 5.32 Å². The van der Waals surface area contributed by atoms with Crippen LogP contribution in [0, 0.1) is 5.41 Å². The Morgan fingerprint density at radius 3 is 2.21 bits per heavy atom. The molecule has 0 fully saturated rings. The van der Waals surface area contributed by atoms with Gasteiger partial charge in [-0.1, -0.05) is 20.8 Å². The first-order chi connectivity index (χ1) is 8.70. The van der Waals surface area contributed by atoms with Gasteiger partial charge < -0.3 is 16.2 Å². The van der Waals surface area contributed by atoms with Gasteiger partial charge in [-0.25, -0.2) is 4.79 Å². The number of hydrogen-bond acceptors (Lipinski definition) is 3. The van der Waals surface area contributed by atoms with E-state index in [9.17, 15) is 9.59 Å².